The summed E-state index contributed by atoms with van der Waals surface area (Å²) >= 11 is 0. The molecule has 0 fully saturated rings. The third-order valence-electron chi connectivity index (χ3n) is 4.21. The molecule has 0 saturated heterocycles. The van der Waals surface area contributed by atoms with Gasteiger partial charge in [-0.25, -0.2) is 13.1 Å². The molecule has 6 heteroatoms. The molecule has 1 N–H and O–H groups in total. The molecule has 0 amide bonds. The Kier molecular flexibility index (Phi) is 6.68. The van der Waals surface area contributed by atoms with Crippen LogP contribution < -0.4 is 14.2 Å². The van der Waals surface area contributed by atoms with Crippen molar-refractivity contribution < 1.29 is 17.9 Å². The van der Waals surface area contributed by atoms with Gasteiger partial charge in [0, 0.05) is 6.54 Å². The van der Waals surface area contributed by atoms with Crippen LogP contribution in [0.25, 0.3) is 0 Å². The maximum Gasteiger partial charge on any atom is 0.240 e. The Labute approximate surface area is 166 Å². The zero-order valence-corrected chi connectivity index (χ0v) is 16.5. The number of benzene rings is 3. The molecule has 0 atom stereocenters. The summed E-state index contributed by atoms with van der Waals surface area (Å²) in [5.74, 6) is 2.10. The molecule has 0 aromatic heterocycles. The summed E-state index contributed by atoms with van der Waals surface area (Å²) in [4.78, 5) is 0.220. The van der Waals surface area contributed by atoms with E-state index in [9.17, 15) is 8.42 Å². The zero-order valence-electron chi connectivity index (χ0n) is 15.7. The molecule has 0 aliphatic rings. The fourth-order valence-electron chi connectivity index (χ4n) is 2.69. The lowest BCUT2D eigenvalue weighted by molar-refractivity contribution is 0.414. The number of hydrogen-bond donors (Lipinski definition) is 1. The van der Waals surface area contributed by atoms with Gasteiger partial charge in [-0.15, -0.1) is 0 Å². The van der Waals surface area contributed by atoms with Crippen molar-refractivity contribution in [2.24, 2.45) is 0 Å². The van der Waals surface area contributed by atoms with Crippen LogP contribution in [0.3, 0.4) is 0 Å². The molecule has 3 aromatic carbocycles. The molecule has 0 spiro atoms. The molecule has 0 aliphatic carbocycles. The monoisotopic (exact) mass is 397 g/mol. The first-order valence-corrected chi connectivity index (χ1v) is 10.5. The van der Waals surface area contributed by atoms with Crippen molar-refractivity contribution in [1.29, 1.82) is 0 Å². The number of sulfonamides is 1. The third-order valence-corrected chi connectivity index (χ3v) is 5.68. The van der Waals surface area contributed by atoms with E-state index < -0.39 is 10.0 Å². The van der Waals surface area contributed by atoms with Crippen molar-refractivity contribution in [3.05, 3.63) is 84.4 Å². The normalized spacial score (nSPS) is 11.2. The Morgan fingerprint density at radius 1 is 0.786 bits per heavy atom. The van der Waals surface area contributed by atoms with E-state index in [1.807, 2.05) is 54.6 Å². The number of hydrogen-bond acceptors (Lipinski definition) is 4. The second-order valence-electron chi connectivity index (χ2n) is 6.24. The zero-order chi connectivity index (χ0) is 19.8. The highest BCUT2D eigenvalue weighted by molar-refractivity contribution is 7.89. The number of methoxy groups -OCH3 is 1. The minimum atomic E-state index is -3.54. The highest BCUT2D eigenvalue weighted by atomic mass is 32.2. The molecule has 0 saturated carbocycles. The maximum atomic E-state index is 12.4. The number of ether oxygens (including phenoxy) is 2. The predicted molar refractivity (Wildman–Crippen MR) is 109 cm³/mol. The average molecular weight is 397 g/mol. The lowest BCUT2D eigenvalue weighted by Gasteiger charge is -2.09. The van der Waals surface area contributed by atoms with Gasteiger partial charge in [0.25, 0.3) is 0 Å². The van der Waals surface area contributed by atoms with Crippen molar-refractivity contribution >= 4 is 10.0 Å². The van der Waals surface area contributed by atoms with Gasteiger partial charge in [-0.1, -0.05) is 30.3 Å². The van der Waals surface area contributed by atoms with Gasteiger partial charge in [-0.2, -0.15) is 0 Å². The number of nitrogens with one attached hydrogen (secondary N) is 1. The fourth-order valence-corrected chi connectivity index (χ4v) is 3.76. The van der Waals surface area contributed by atoms with E-state index in [4.69, 9.17) is 9.47 Å². The summed E-state index contributed by atoms with van der Waals surface area (Å²) in [5.41, 5.74) is 1.14. The predicted octanol–water partition coefficient (Wildman–Crippen LogP) is 4.40. The molecule has 0 aliphatic heterocycles. The van der Waals surface area contributed by atoms with E-state index in [0.29, 0.717) is 24.5 Å². The van der Waals surface area contributed by atoms with Gasteiger partial charge in [0.15, 0.2) is 0 Å². The quantitative estimate of drug-likeness (QED) is 0.544. The first-order valence-electron chi connectivity index (χ1n) is 9.02. The van der Waals surface area contributed by atoms with Gasteiger partial charge in [-0.3, -0.25) is 0 Å². The van der Waals surface area contributed by atoms with Crippen LogP contribution >= 0.6 is 0 Å². The van der Waals surface area contributed by atoms with Gasteiger partial charge in [-0.05, 0) is 66.9 Å². The molecule has 0 bridgehead atoms. The van der Waals surface area contributed by atoms with Gasteiger partial charge >= 0.3 is 0 Å². The van der Waals surface area contributed by atoms with Crippen LogP contribution in [0.4, 0.5) is 0 Å². The molecule has 5 nitrogen and oxygen atoms in total. The van der Waals surface area contributed by atoms with Crippen molar-refractivity contribution in [2.45, 2.75) is 17.7 Å². The number of aryl methyl sites for hydroxylation is 1. The van der Waals surface area contributed by atoms with Crippen molar-refractivity contribution in [1.82, 2.24) is 4.72 Å². The third kappa shape index (κ3) is 5.58. The summed E-state index contributed by atoms with van der Waals surface area (Å²) in [6.45, 7) is 0.372. The van der Waals surface area contributed by atoms with Crippen molar-refractivity contribution in [2.75, 3.05) is 13.7 Å². The Balaban J connectivity index is 1.50. The molecule has 28 heavy (non-hydrogen) atoms. The summed E-state index contributed by atoms with van der Waals surface area (Å²) in [6, 6.07) is 23.5. The lowest BCUT2D eigenvalue weighted by Crippen LogP contribution is -2.25. The molecule has 0 radical (unpaired) electrons. The molecule has 0 unspecified atom stereocenters. The van der Waals surface area contributed by atoms with Gasteiger partial charge in [0.05, 0.1) is 12.0 Å². The second kappa shape index (κ2) is 9.39. The van der Waals surface area contributed by atoms with Crippen molar-refractivity contribution in [3.63, 3.8) is 0 Å². The average Bonchev–Trinajstić information content (AvgIpc) is 2.73. The lowest BCUT2D eigenvalue weighted by atomic mass is 10.1. The van der Waals surface area contributed by atoms with E-state index in [0.717, 1.165) is 17.7 Å². The van der Waals surface area contributed by atoms with Crippen LogP contribution in [0.5, 0.6) is 17.2 Å². The van der Waals surface area contributed by atoms with E-state index in [1.165, 1.54) is 0 Å². The van der Waals surface area contributed by atoms with Crippen LogP contribution in [-0.4, -0.2) is 22.1 Å². The first kappa shape index (κ1) is 19.9. The van der Waals surface area contributed by atoms with E-state index in [-0.39, 0.29) is 4.90 Å². The fraction of sp³-hybridized carbons (Fsp3) is 0.182. The molecule has 3 aromatic rings. The summed E-state index contributed by atoms with van der Waals surface area (Å²) < 4.78 is 38.3. The van der Waals surface area contributed by atoms with Gasteiger partial charge in [0.2, 0.25) is 10.0 Å². The molecular weight excluding hydrogens is 374 g/mol. The molecule has 0 heterocycles. The standard InChI is InChI=1S/C22H23NO4S/c1-26-19-11-9-18(10-12-19)6-5-17-23-28(24,25)22-15-13-21(14-16-22)27-20-7-3-2-4-8-20/h2-4,7-16,23H,5-6,17H2,1H3. The highest BCUT2D eigenvalue weighted by Crippen LogP contribution is 2.22. The van der Waals surface area contributed by atoms with Crippen LogP contribution in [0, 0.1) is 0 Å². The van der Waals surface area contributed by atoms with E-state index >= 15 is 0 Å². The summed E-state index contributed by atoms with van der Waals surface area (Å²) in [7, 11) is -1.91. The molecule has 3 rings (SSSR count). The topological polar surface area (TPSA) is 64.6 Å². The second-order valence-corrected chi connectivity index (χ2v) is 8.00. The highest BCUT2D eigenvalue weighted by Gasteiger charge is 2.13. The SMILES string of the molecule is COc1ccc(CCCNS(=O)(=O)c2ccc(Oc3ccccc3)cc2)cc1. The van der Waals surface area contributed by atoms with E-state index in [1.54, 1.807) is 31.4 Å². The molecular formula is C22H23NO4S. The maximum absolute atomic E-state index is 12.4. The summed E-state index contributed by atoms with van der Waals surface area (Å²) in [6.07, 6.45) is 1.50. The number of para-hydroxylation sites is 1. The Morgan fingerprint density at radius 3 is 2.04 bits per heavy atom. The first-order chi connectivity index (χ1) is 13.6. The Hall–Kier alpha value is -2.83. The minimum Gasteiger partial charge on any atom is -0.497 e. The Bertz CT molecular complexity index is 969. The van der Waals surface area contributed by atoms with Crippen LogP contribution in [0.1, 0.15) is 12.0 Å². The van der Waals surface area contributed by atoms with Gasteiger partial charge < -0.3 is 9.47 Å². The van der Waals surface area contributed by atoms with Crippen LogP contribution in [0.15, 0.2) is 83.8 Å². The van der Waals surface area contributed by atoms with E-state index in [2.05, 4.69) is 4.72 Å². The van der Waals surface area contributed by atoms with Crippen molar-refractivity contribution in [3.8, 4) is 17.2 Å². The smallest absolute Gasteiger partial charge is 0.240 e. The number of rotatable bonds is 9. The largest absolute Gasteiger partial charge is 0.497 e. The Morgan fingerprint density at radius 2 is 1.39 bits per heavy atom. The van der Waals surface area contributed by atoms with Gasteiger partial charge in [0.1, 0.15) is 17.2 Å². The molecule has 146 valence electrons. The summed E-state index contributed by atoms with van der Waals surface area (Å²) in [5, 5.41) is 0. The van der Waals surface area contributed by atoms with Crippen LogP contribution in [0.2, 0.25) is 0 Å². The van der Waals surface area contributed by atoms with Crippen LogP contribution in [-0.2, 0) is 16.4 Å². The minimum absolute atomic E-state index is 0.220.